The summed E-state index contributed by atoms with van der Waals surface area (Å²) in [6.07, 6.45) is 0. The minimum Gasteiger partial charge on any atom is -0.298 e. The minimum absolute atomic E-state index is 0.141. The van der Waals surface area contributed by atoms with Gasteiger partial charge in [0.1, 0.15) is 0 Å². The topological polar surface area (TPSA) is 42.0 Å². The molecule has 3 nitrogen and oxygen atoms in total. The van der Waals surface area contributed by atoms with Gasteiger partial charge in [0.15, 0.2) is 5.13 Å². The lowest BCUT2D eigenvalue weighted by molar-refractivity contribution is 0.102. The molecule has 1 heterocycles. The summed E-state index contributed by atoms with van der Waals surface area (Å²) in [7, 11) is 0. The van der Waals surface area contributed by atoms with E-state index in [1.165, 1.54) is 11.3 Å². The van der Waals surface area contributed by atoms with Crippen molar-refractivity contribution in [2.24, 2.45) is 0 Å². The molecule has 0 unspecified atom stereocenters. The third kappa shape index (κ3) is 3.09. The van der Waals surface area contributed by atoms with Crippen LogP contribution in [0.5, 0.6) is 0 Å². The highest BCUT2D eigenvalue weighted by molar-refractivity contribution is 7.14. The molecule has 1 N–H and O–H groups in total. The smallest absolute Gasteiger partial charge is 0.257 e. The average Bonchev–Trinajstić information content (AvgIpc) is 2.75. The first-order valence-corrected chi connectivity index (χ1v) is 6.90. The van der Waals surface area contributed by atoms with Crippen LogP contribution >= 0.6 is 22.9 Å². The number of amides is 1. The van der Waals surface area contributed by atoms with Crippen molar-refractivity contribution >= 4 is 34.0 Å². The van der Waals surface area contributed by atoms with E-state index in [4.69, 9.17) is 11.6 Å². The van der Waals surface area contributed by atoms with E-state index in [-0.39, 0.29) is 5.91 Å². The van der Waals surface area contributed by atoms with Gasteiger partial charge in [-0.3, -0.25) is 10.1 Å². The van der Waals surface area contributed by atoms with E-state index in [0.29, 0.717) is 16.6 Å². The zero-order chi connectivity index (χ0) is 13.1. The van der Waals surface area contributed by atoms with Gasteiger partial charge in [0, 0.05) is 10.9 Å². The monoisotopic (exact) mass is 280 g/mol. The van der Waals surface area contributed by atoms with Crippen LogP contribution in [0.15, 0.2) is 23.6 Å². The zero-order valence-corrected chi connectivity index (χ0v) is 11.7. The Labute approximate surface area is 115 Å². The van der Waals surface area contributed by atoms with E-state index < -0.39 is 0 Å². The van der Waals surface area contributed by atoms with Crippen molar-refractivity contribution in [3.63, 3.8) is 0 Å². The first-order valence-electron chi connectivity index (χ1n) is 5.48. The second-order valence-corrected chi connectivity index (χ2v) is 5.23. The van der Waals surface area contributed by atoms with Crippen LogP contribution in [-0.4, -0.2) is 10.9 Å². The molecular weight excluding hydrogens is 268 g/mol. The first kappa shape index (κ1) is 13.1. The molecule has 18 heavy (non-hydrogen) atoms. The molecule has 1 aromatic carbocycles. The normalized spacial score (nSPS) is 10.4. The fourth-order valence-corrected chi connectivity index (χ4v) is 2.63. The Bertz CT molecular complexity index is 560. The van der Waals surface area contributed by atoms with Crippen LogP contribution < -0.4 is 5.32 Å². The molecule has 0 atom stereocenters. The molecule has 0 spiro atoms. The molecule has 0 fully saturated rings. The lowest BCUT2D eigenvalue weighted by atomic mass is 10.1. The van der Waals surface area contributed by atoms with E-state index in [1.807, 2.05) is 37.4 Å². The van der Waals surface area contributed by atoms with Gasteiger partial charge < -0.3 is 0 Å². The molecule has 0 saturated heterocycles. The van der Waals surface area contributed by atoms with Gasteiger partial charge >= 0.3 is 0 Å². The largest absolute Gasteiger partial charge is 0.298 e. The Hall–Kier alpha value is -1.39. The van der Waals surface area contributed by atoms with Crippen LogP contribution in [0.2, 0.25) is 0 Å². The van der Waals surface area contributed by atoms with E-state index >= 15 is 0 Å². The Morgan fingerprint density at radius 3 is 2.56 bits per heavy atom. The number of alkyl halides is 1. The number of carbonyl (C=O) groups excluding carboxylic acids is 1. The van der Waals surface area contributed by atoms with Crippen molar-refractivity contribution in [2.75, 3.05) is 5.32 Å². The summed E-state index contributed by atoms with van der Waals surface area (Å²) in [5, 5.41) is 5.19. The molecule has 5 heteroatoms. The van der Waals surface area contributed by atoms with E-state index in [9.17, 15) is 4.79 Å². The molecule has 0 aliphatic carbocycles. The van der Waals surface area contributed by atoms with Gasteiger partial charge in [0.05, 0.1) is 11.6 Å². The van der Waals surface area contributed by atoms with Crippen LogP contribution in [0.3, 0.4) is 0 Å². The summed E-state index contributed by atoms with van der Waals surface area (Å²) in [5.41, 5.74) is 3.56. The van der Waals surface area contributed by atoms with Crippen molar-refractivity contribution in [3.8, 4) is 0 Å². The highest BCUT2D eigenvalue weighted by atomic mass is 35.5. The highest BCUT2D eigenvalue weighted by Crippen LogP contribution is 2.18. The van der Waals surface area contributed by atoms with Crippen molar-refractivity contribution in [1.29, 1.82) is 0 Å². The molecule has 0 bridgehead atoms. The lowest BCUT2D eigenvalue weighted by Gasteiger charge is -2.04. The molecule has 2 aromatic rings. The first-order chi connectivity index (χ1) is 8.58. The van der Waals surface area contributed by atoms with E-state index in [2.05, 4.69) is 10.3 Å². The van der Waals surface area contributed by atoms with Crippen molar-refractivity contribution < 1.29 is 4.79 Å². The minimum atomic E-state index is -0.141. The Balaban J connectivity index is 2.16. The van der Waals surface area contributed by atoms with Crippen LogP contribution in [0.1, 0.15) is 27.2 Å². The molecule has 1 aromatic heterocycles. The van der Waals surface area contributed by atoms with Gasteiger partial charge in [-0.15, -0.1) is 22.9 Å². The van der Waals surface area contributed by atoms with Crippen LogP contribution in [0.4, 0.5) is 5.13 Å². The zero-order valence-electron chi connectivity index (χ0n) is 10.2. The number of hydrogen-bond acceptors (Lipinski definition) is 3. The van der Waals surface area contributed by atoms with Crippen molar-refractivity contribution in [2.45, 2.75) is 19.7 Å². The van der Waals surface area contributed by atoms with Crippen LogP contribution in [-0.2, 0) is 5.88 Å². The summed E-state index contributed by atoms with van der Waals surface area (Å²) >= 11 is 7.04. The quantitative estimate of drug-likeness (QED) is 0.870. The number of carbonyl (C=O) groups is 1. The van der Waals surface area contributed by atoms with Gasteiger partial charge in [-0.1, -0.05) is 17.2 Å². The average molecular weight is 281 g/mol. The molecule has 94 valence electrons. The number of benzene rings is 1. The number of anilines is 1. The van der Waals surface area contributed by atoms with E-state index in [0.717, 1.165) is 16.8 Å². The SMILES string of the molecule is Cc1cc(C)cc(C(=O)Nc2nc(CCl)cs2)c1. The highest BCUT2D eigenvalue weighted by Gasteiger charge is 2.09. The molecule has 0 aliphatic rings. The van der Waals surface area contributed by atoms with Crippen molar-refractivity contribution in [3.05, 3.63) is 46.0 Å². The number of hydrogen-bond donors (Lipinski definition) is 1. The molecule has 0 radical (unpaired) electrons. The molecule has 1 amide bonds. The molecule has 0 aliphatic heterocycles. The fraction of sp³-hybridized carbons (Fsp3) is 0.231. The summed E-state index contributed by atoms with van der Waals surface area (Å²) in [4.78, 5) is 16.2. The number of aromatic nitrogens is 1. The summed E-state index contributed by atoms with van der Waals surface area (Å²) in [5.74, 6) is 0.216. The maximum Gasteiger partial charge on any atom is 0.257 e. The number of halogens is 1. The number of nitrogens with one attached hydrogen (secondary N) is 1. The summed E-state index contributed by atoms with van der Waals surface area (Å²) < 4.78 is 0. The second-order valence-electron chi connectivity index (χ2n) is 4.11. The number of rotatable bonds is 3. The molecule has 2 rings (SSSR count). The van der Waals surface area contributed by atoms with Gasteiger partial charge in [-0.25, -0.2) is 4.98 Å². The fourth-order valence-electron chi connectivity index (χ4n) is 1.70. The molecule has 0 saturated carbocycles. The number of nitrogens with zero attached hydrogens (tertiary/aromatic N) is 1. The van der Waals surface area contributed by atoms with Gasteiger partial charge in [-0.2, -0.15) is 0 Å². The van der Waals surface area contributed by atoms with Gasteiger partial charge in [0.2, 0.25) is 0 Å². The van der Waals surface area contributed by atoms with E-state index in [1.54, 1.807) is 0 Å². The summed E-state index contributed by atoms with van der Waals surface area (Å²) in [6.45, 7) is 3.94. The van der Waals surface area contributed by atoms with Crippen molar-refractivity contribution in [1.82, 2.24) is 4.98 Å². The van der Waals surface area contributed by atoms with Crippen LogP contribution in [0.25, 0.3) is 0 Å². The Morgan fingerprint density at radius 1 is 1.33 bits per heavy atom. The van der Waals surface area contributed by atoms with Gasteiger partial charge in [-0.05, 0) is 26.0 Å². The maximum atomic E-state index is 12.0. The lowest BCUT2D eigenvalue weighted by Crippen LogP contribution is -2.12. The Morgan fingerprint density at radius 2 is 2.00 bits per heavy atom. The third-order valence-corrected chi connectivity index (χ3v) is 3.47. The molecular formula is C13H13ClN2OS. The summed E-state index contributed by atoms with van der Waals surface area (Å²) in [6, 6.07) is 5.75. The maximum absolute atomic E-state index is 12.0. The second kappa shape index (κ2) is 5.50. The van der Waals surface area contributed by atoms with Gasteiger partial charge in [0.25, 0.3) is 5.91 Å². The third-order valence-electron chi connectivity index (χ3n) is 2.39. The standard InChI is InChI=1S/C13H13ClN2OS/c1-8-3-9(2)5-10(4-8)12(17)16-13-15-11(6-14)7-18-13/h3-5,7H,6H2,1-2H3,(H,15,16,17). The predicted molar refractivity (Wildman–Crippen MR) is 75.5 cm³/mol. The Kier molecular flexibility index (Phi) is 3.99. The van der Waals surface area contributed by atoms with Crippen LogP contribution in [0, 0.1) is 13.8 Å². The number of aryl methyl sites for hydroxylation is 2. The predicted octanol–water partition coefficient (Wildman–Crippen LogP) is 3.75. The number of thiazole rings is 1.